The molecule has 0 bridgehead atoms. The minimum absolute atomic E-state index is 0.121. The third-order valence-corrected chi connectivity index (χ3v) is 2.78. The number of halogens is 4. The molecule has 0 unspecified atom stereocenters. The lowest BCUT2D eigenvalue weighted by molar-refractivity contribution is -0.0514. The van der Waals surface area contributed by atoms with Crippen LogP contribution >= 0.6 is 0 Å². The number of alkyl halides is 2. The van der Waals surface area contributed by atoms with Gasteiger partial charge in [0.2, 0.25) is 5.82 Å². The number of benzene rings is 2. The SMILES string of the molecule is CC.CCc1cc(N)cc2cc(F)c(F)c(OC(F)F)c12. The Morgan fingerprint density at radius 1 is 1.14 bits per heavy atom. The van der Waals surface area contributed by atoms with E-state index in [0.717, 1.165) is 6.07 Å². The largest absolute Gasteiger partial charge is 0.431 e. The number of hydrogen-bond acceptors (Lipinski definition) is 2. The van der Waals surface area contributed by atoms with Crippen molar-refractivity contribution in [2.75, 3.05) is 5.73 Å². The second kappa shape index (κ2) is 7.15. The van der Waals surface area contributed by atoms with E-state index in [2.05, 4.69) is 4.74 Å². The van der Waals surface area contributed by atoms with Crippen LogP contribution in [-0.2, 0) is 6.42 Å². The van der Waals surface area contributed by atoms with E-state index in [4.69, 9.17) is 5.73 Å². The molecule has 21 heavy (non-hydrogen) atoms. The van der Waals surface area contributed by atoms with Crippen LogP contribution in [-0.4, -0.2) is 6.61 Å². The lowest BCUT2D eigenvalue weighted by Gasteiger charge is -2.14. The van der Waals surface area contributed by atoms with E-state index in [9.17, 15) is 17.6 Å². The van der Waals surface area contributed by atoms with E-state index in [1.165, 1.54) is 12.1 Å². The summed E-state index contributed by atoms with van der Waals surface area (Å²) in [6.45, 7) is 2.52. The molecule has 0 saturated carbocycles. The molecule has 0 atom stereocenters. The Kier molecular flexibility index (Phi) is 5.81. The molecule has 116 valence electrons. The van der Waals surface area contributed by atoms with E-state index in [0.29, 0.717) is 17.7 Å². The molecular formula is C15H17F4NO. The quantitative estimate of drug-likeness (QED) is 0.647. The first-order valence-corrected chi connectivity index (χ1v) is 6.59. The number of hydrogen-bond donors (Lipinski definition) is 1. The zero-order valence-corrected chi connectivity index (χ0v) is 12.0. The fraction of sp³-hybridized carbons (Fsp3) is 0.333. The van der Waals surface area contributed by atoms with Crippen LogP contribution in [0.3, 0.4) is 0 Å². The van der Waals surface area contributed by atoms with Crippen LogP contribution < -0.4 is 10.5 Å². The third-order valence-electron chi connectivity index (χ3n) is 2.78. The van der Waals surface area contributed by atoms with Crippen LogP contribution in [0.15, 0.2) is 18.2 Å². The molecule has 0 radical (unpaired) electrons. The molecule has 0 aliphatic carbocycles. The number of anilines is 1. The van der Waals surface area contributed by atoms with E-state index in [-0.39, 0.29) is 10.8 Å². The maximum Gasteiger partial charge on any atom is 0.387 e. The van der Waals surface area contributed by atoms with Gasteiger partial charge in [-0.2, -0.15) is 13.2 Å². The predicted molar refractivity (Wildman–Crippen MR) is 75.6 cm³/mol. The van der Waals surface area contributed by atoms with Crippen molar-refractivity contribution in [2.45, 2.75) is 33.8 Å². The molecule has 2 rings (SSSR count). The van der Waals surface area contributed by atoms with Gasteiger partial charge in [-0.05, 0) is 35.6 Å². The van der Waals surface area contributed by atoms with Gasteiger partial charge in [-0.25, -0.2) is 4.39 Å². The lowest BCUT2D eigenvalue weighted by Crippen LogP contribution is -2.06. The Morgan fingerprint density at radius 2 is 1.76 bits per heavy atom. The van der Waals surface area contributed by atoms with E-state index >= 15 is 0 Å². The zero-order valence-electron chi connectivity index (χ0n) is 12.0. The lowest BCUT2D eigenvalue weighted by atomic mass is 10.00. The first-order valence-electron chi connectivity index (χ1n) is 6.59. The molecule has 0 spiro atoms. The van der Waals surface area contributed by atoms with Crippen molar-refractivity contribution >= 4 is 16.5 Å². The number of aryl methyl sites for hydroxylation is 1. The minimum atomic E-state index is -3.23. The van der Waals surface area contributed by atoms with Crippen LogP contribution in [0.25, 0.3) is 10.8 Å². The van der Waals surface area contributed by atoms with Gasteiger partial charge < -0.3 is 10.5 Å². The number of ether oxygens (including phenoxy) is 1. The van der Waals surface area contributed by atoms with Gasteiger partial charge in [0.1, 0.15) is 0 Å². The van der Waals surface area contributed by atoms with Gasteiger partial charge in [-0.15, -0.1) is 0 Å². The summed E-state index contributed by atoms with van der Waals surface area (Å²) in [5.74, 6) is -3.45. The first kappa shape index (κ1) is 17.1. The topological polar surface area (TPSA) is 35.2 Å². The summed E-state index contributed by atoms with van der Waals surface area (Å²) in [4.78, 5) is 0. The zero-order chi connectivity index (χ0) is 16.2. The molecule has 6 heteroatoms. The highest BCUT2D eigenvalue weighted by atomic mass is 19.3. The highest BCUT2D eigenvalue weighted by Gasteiger charge is 2.20. The van der Waals surface area contributed by atoms with Crippen LogP contribution in [0.2, 0.25) is 0 Å². The summed E-state index contributed by atoms with van der Waals surface area (Å²) in [6, 6.07) is 3.83. The Bertz CT molecular complexity index is 629. The molecule has 0 fully saturated rings. The highest BCUT2D eigenvalue weighted by Crippen LogP contribution is 2.36. The Balaban J connectivity index is 0.00000106. The maximum atomic E-state index is 13.6. The van der Waals surface area contributed by atoms with Crippen LogP contribution in [0.4, 0.5) is 23.2 Å². The van der Waals surface area contributed by atoms with Gasteiger partial charge in [-0.3, -0.25) is 0 Å². The molecule has 2 aromatic carbocycles. The van der Waals surface area contributed by atoms with E-state index in [1.807, 2.05) is 13.8 Å². The summed E-state index contributed by atoms with van der Waals surface area (Å²) >= 11 is 0. The average Bonchev–Trinajstić information content (AvgIpc) is 2.44. The first-order chi connectivity index (χ1) is 9.93. The second-order valence-corrected chi connectivity index (χ2v) is 4.01. The van der Waals surface area contributed by atoms with Gasteiger partial charge >= 0.3 is 6.61 Å². The Labute approximate surface area is 120 Å². The van der Waals surface area contributed by atoms with Crippen molar-refractivity contribution in [3.8, 4) is 5.75 Å². The summed E-state index contributed by atoms with van der Waals surface area (Å²) in [5.41, 5.74) is 6.50. The van der Waals surface area contributed by atoms with Crippen LogP contribution in [0.5, 0.6) is 5.75 Å². The number of rotatable bonds is 3. The van der Waals surface area contributed by atoms with E-state index < -0.39 is 24.0 Å². The standard InChI is InChI=1S/C13H11F4NO.C2H6/c1-2-6-3-8(18)4-7-5-9(14)11(15)12(10(6)7)19-13(16)17;1-2/h3-5,13H,2,18H2,1H3;1-2H3. The molecule has 0 saturated heterocycles. The van der Waals surface area contributed by atoms with Gasteiger partial charge in [-0.1, -0.05) is 20.8 Å². The third kappa shape index (κ3) is 3.56. The van der Waals surface area contributed by atoms with Crippen molar-refractivity contribution in [1.29, 1.82) is 0 Å². The molecule has 0 amide bonds. The van der Waals surface area contributed by atoms with Crippen molar-refractivity contribution < 1.29 is 22.3 Å². The van der Waals surface area contributed by atoms with E-state index in [1.54, 1.807) is 6.92 Å². The van der Waals surface area contributed by atoms with Gasteiger partial charge in [0.05, 0.1) is 0 Å². The smallest absolute Gasteiger partial charge is 0.387 e. The predicted octanol–water partition coefficient (Wildman–Crippen LogP) is 4.89. The molecule has 2 aromatic rings. The molecular weight excluding hydrogens is 286 g/mol. The van der Waals surface area contributed by atoms with Crippen molar-refractivity contribution in [2.24, 2.45) is 0 Å². The normalized spacial score (nSPS) is 10.5. The Hall–Kier alpha value is -1.98. The highest BCUT2D eigenvalue weighted by molar-refractivity contribution is 5.94. The number of nitrogen functional groups attached to an aromatic ring is 1. The number of fused-ring (bicyclic) bond motifs is 1. The molecule has 0 aliphatic heterocycles. The van der Waals surface area contributed by atoms with Crippen molar-refractivity contribution in [3.63, 3.8) is 0 Å². The summed E-state index contributed by atoms with van der Waals surface area (Å²) in [7, 11) is 0. The van der Waals surface area contributed by atoms with Crippen molar-refractivity contribution in [1.82, 2.24) is 0 Å². The Morgan fingerprint density at radius 3 is 2.29 bits per heavy atom. The van der Waals surface area contributed by atoms with Gasteiger partial charge in [0.25, 0.3) is 0 Å². The summed E-state index contributed by atoms with van der Waals surface area (Å²) in [6.07, 6.45) is 0.423. The second-order valence-electron chi connectivity index (χ2n) is 4.01. The fourth-order valence-corrected chi connectivity index (χ4v) is 2.04. The molecule has 2 N–H and O–H groups in total. The summed E-state index contributed by atoms with van der Waals surface area (Å²) < 4.78 is 55.8. The molecule has 0 aliphatic rings. The van der Waals surface area contributed by atoms with Crippen LogP contribution in [0.1, 0.15) is 26.3 Å². The number of nitrogens with two attached hydrogens (primary N) is 1. The maximum absolute atomic E-state index is 13.6. The molecule has 0 heterocycles. The monoisotopic (exact) mass is 303 g/mol. The minimum Gasteiger partial charge on any atom is -0.431 e. The van der Waals surface area contributed by atoms with Crippen molar-refractivity contribution in [3.05, 3.63) is 35.4 Å². The summed E-state index contributed by atoms with van der Waals surface area (Å²) in [5, 5.41) is 0.349. The van der Waals surface area contributed by atoms with Crippen LogP contribution in [0, 0.1) is 11.6 Å². The van der Waals surface area contributed by atoms with Gasteiger partial charge in [0.15, 0.2) is 11.6 Å². The fourth-order valence-electron chi connectivity index (χ4n) is 2.04. The average molecular weight is 303 g/mol. The van der Waals surface area contributed by atoms with Gasteiger partial charge in [0, 0.05) is 11.1 Å². The molecule has 0 aromatic heterocycles. The molecule has 2 nitrogen and oxygen atoms in total.